The van der Waals surface area contributed by atoms with Gasteiger partial charge < -0.3 is 10.2 Å². The first-order chi connectivity index (χ1) is 17.3. The van der Waals surface area contributed by atoms with Gasteiger partial charge in [-0.15, -0.1) is 0 Å². The Morgan fingerprint density at radius 3 is 1.69 bits per heavy atom. The van der Waals surface area contributed by atoms with Crippen molar-refractivity contribution in [1.29, 1.82) is 0 Å². The van der Waals surface area contributed by atoms with Crippen molar-refractivity contribution in [3.05, 3.63) is 102 Å². The van der Waals surface area contributed by atoms with Crippen LogP contribution >= 0.6 is 0 Å². The Bertz CT molecular complexity index is 1120. The summed E-state index contributed by atoms with van der Waals surface area (Å²) in [4.78, 5) is 15.3. The van der Waals surface area contributed by atoms with Gasteiger partial charge in [-0.3, -0.25) is 10.1 Å². The molecule has 2 fully saturated rings. The molecule has 2 aliphatic rings. The van der Waals surface area contributed by atoms with E-state index in [9.17, 15) is 18.0 Å². The first kappa shape index (κ1) is 24.4. The molecule has 3 aromatic carbocycles. The van der Waals surface area contributed by atoms with Crippen molar-refractivity contribution in [2.24, 2.45) is 0 Å². The number of anilines is 1. The van der Waals surface area contributed by atoms with Gasteiger partial charge in [-0.05, 0) is 54.5 Å². The fourth-order valence-corrected chi connectivity index (χ4v) is 4.48. The van der Waals surface area contributed by atoms with Crippen molar-refractivity contribution >= 4 is 11.6 Å². The van der Waals surface area contributed by atoms with Crippen LogP contribution in [0.15, 0.2) is 84.9 Å². The van der Waals surface area contributed by atoms with Crippen molar-refractivity contribution in [3.63, 3.8) is 0 Å². The number of halogens is 3. The first-order valence-electron chi connectivity index (χ1n) is 12.4. The van der Waals surface area contributed by atoms with Gasteiger partial charge in [0.1, 0.15) is 0 Å². The number of alkyl halides is 3. The lowest BCUT2D eigenvalue weighted by Gasteiger charge is -2.36. The van der Waals surface area contributed by atoms with Crippen LogP contribution in [0, 0.1) is 0 Å². The SMILES string of the molecule is O=C(NC1CC1)C(NC1CC1)(c1ccc(N(Cc2ccccc2)Cc2ccccc2)cc1)C(F)(F)F. The Morgan fingerprint density at radius 2 is 1.25 bits per heavy atom. The number of carbonyl (C=O) groups excluding carboxylic acids is 1. The summed E-state index contributed by atoms with van der Waals surface area (Å²) in [6, 6.07) is 25.7. The summed E-state index contributed by atoms with van der Waals surface area (Å²) in [6.07, 6.45) is -2.08. The highest BCUT2D eigenvalue weighted by molar-refractivity contribution is 5.89. The second-order valence-electron chi connectivity index (χ2n) is 9.79. The molecule has 0 saturated heterocycles. The molecule has 2 aliphatic carbocycles. The van der Waals surface area contributed by atoms with Crippen LogP contribution in [0.1, 0.15) is 42.4 Å². The number of hydrogen-bond donors (Lipinski definition) is 2. The summed E-state index contributed by atoms with van der Waals surface area (Å²) >= 11 is 0. The summed E-state index contributed by atoms with van der Waals surface area (Å²) < 4.78 is 44.0. The van der Waals surface area contributed by atoms with Crippen LogP contribution in [0.25, 0.3) is 0 Å². The van der Waals surface area contributed by atoms with E-state index in [1.165, 1.54) is 12.1 Å². The zero-order valence-electron chi connectivity index (χ0n) is 20.0. The molecule has 1 atom stereocenters. The van der Waals surface area contributed by atoms with Crippen LogP contribution < -0.4 is 15.5 Å². The van der Waals surface area contributed by atoms with Gasteiger partial charge in [-0.2, -0.15) is 13.2 Å². The third-order valence-electron chi connectivity index (χ3n) is 6.77. The first-order valence-corrected chi connectivity index (χ1v) is 12.4. The minimum atomic E-state index is -4.79. The number of benzene rings is 3. The third kappa shape index (κ3) is 5.41. The molecule has 1 amide bonds. The van der Waals surface area contributed by atoms with Crippen molar-refractivity contribution in [3.8, 4) is 0 Å². The lowest BCUT2D eigenvalue weighted by molar-refractivity contribution is -0.204. The third-order valence-corrected chi connectivity index (χ3v) is 6.77. The van der Waals surface area contributed by atoms with Crippen LogP contribution in [0.2, 0.25) is 0 Å². The number of carbonyl (C=O) groups is 1. The maximum Gasteiger partial charge on any atom is 0.419 e. The van der Waals surface area contributed by atoms with Crippen molar-refractivity contribution in [1.82, 2.24) is 10.6 Å². The molecule has 0 spiro atoms. The van der Waals surface area contributed by atoms with E-state index in [2.05, 4.69) is 15.5 Å². The van der Waals surface area contributed by atoms with Gasteiger partial charge >= 0.3 is 6.18 Å². The topological polar surface area (TPSA) is 44.4 Å². The van der Waals surface area contributed by atoms with Gasteiger partial charge in [0.2, 0.25) is 5.54 Å². The van der Waals surface area contributed by atoms with Crippen LogP contribution in [-0.4, -0.2) is 24.2 Å². The quantitative estimate of drug-likeness (QED) is 0.382. The van der Waals surface area contributed by atoms with E-state index in [0.717, 1.165) is 29.7 Å². The Balaban J connectivity index is 1.48. The molecule has 4 nitrogen and oxygen atoms in total. The standard InChI is InChI=1S/C29H30F3N3O/c30-29(31,32)28(34-25-15-16-25,27(36)33-24-13-14-24)23-11-17-26(18-12-23)35(19-21-7-3-1-4-8-21)20-22-9-5-2-6-10-22/h1-12,17-18,24-25,34H,13-16,19-20H2,(H,33,36). The Morgan fingerprint density at radius 1 is 0.750 bits per heavy atom. The highest BCUT2D eigenvalue weighted by atomic mass is 19.4. The van der Waals surface area contributed by atoms with Crippen molar-refractivity contribution < 1.29 is 18.0 Å². The van der Waals surface area contributed by atoms with Crippen LogP contribution in [0.4, 0.5) is 18.9 Å². The molecule has 1 unspecified atom stereocenters. The molecule has 0 heterocycles. The van der Waals surface area contributed by atoms with E-state index < -0.39 is 17.6 Å². The molecule has 0 radical (unpaired) electrons. The second kappa shape index (κ2) is 9.97. The number of hydrogen-bond acceptors (Lipinski definition) is 3. The van der Waals surface area contributed by atoms with Crippen molar-refractivity contribution in [2.75, 3.05) is 4.90 Å². The molecular formula is C29H30F3N3O. The summed E-state index contributed by atoms with van der Waals surface area (Å²) in [5.41, 5.74) is 0.140. The molecule has 188 valence electrons. The van der Waals surface area contributed by atoms with Crippen LogP contribution in [0.3, 0.4) is 0 Å². The van der Waals surface area contributed by atoms with E-state index >= 15 is 0 Å². The number of nitrogens with one attached hydrogen (secondary N) is 2. The molecule has 36 heavy (non-hydrogen) atoms. The fraction of sp³-hybridized carbons (Fsp3) is 0.345. The van der Waals surface area contributed by atoms with Crippen LogP contribution in [0.5, 0.6) is 0 Å². The zero-order valence-corrected chi connectivity index (χ0v) is 20.0. The molecule has 2 N–H and O–H groups in total. The number of amides is 1. The Labute approximate surface area is 209 Å². The molecule has 5 rings (SSSR count). The highest BCUT2D eigenvalue weighted by Crippen LogP contribution is 2.43. The van der Waals surface area contributed by atoms with E-state index in [1.54, 1.807) is 12.1 Å². The molecule has 2 saturated carbocycles. The molecule has 3 aromatic rings. The second-order valence-corrected chi connectivity index (χ2v) is 9.79. The summed E-state index contributed by atoms with van der Waals surface area (Å²) in [5, 5.41) is 5.28. The van der Waals surface area contributed by atoms with Gasteiger partial charge in [0.05, 0.1) is 0 Å². The predicted octanol–water partition coefficient (Wildman–Crippen LogP) is 5.68. The molecular weight excluding hydrogens is 463 g/mol. The van der Waals surface area contributed by atoms with Gasteiger partial charge in [-0.25, -0.2) is 0 Å². The predicted molar refractivity (Wildman–Crippen MR) is 134 cm³/mol. The maximum atomic E-state index is 14.7. The number of nitrogens with zero attached hydrogens (tertiary/aromatic N) is 1. The van der Waals surface area contributed by atoms with Gasteiger partial charge in [0.15, 0.2) is 0 Å². The van der Waals surface area contributed by atoms with Gasteiger partial charge in [-0.1, -0.05) is 72.8 Å². The summed E-state index contributed by atoms with van der Waals surface area (Å²) in [6.45, 7) is 1.20. The Hall–Kier alpha value is -3.32. The normalized spacial score (nSPS) is 17.3. The van der Waals surface area contributed by atoms with Crippen LogP contribution in [-0.2, 0) is 23.4 Å². The van der Waals surface area contributed by atoms with E-state index in [4.69, 9.17) is 0 Å². The smallest absolute Gasteiger partial charge is 0.363 e. The van der Waals surface area contributed by atoms with E-state index in [-0.39, 0.29) is 17.6 Å². The molecule has 0 bridgehead atoms. The molecule has 0 aromatic heterocycles. The fourth-order valence-electron chi connectivity index (χ4n) is 4.48. The molecule has 7 heteroatoms. The minimum Gasteiger partial charge on any atom is -0.363 e. The highest BCUT2D eigenvalue weighted by Gasteiger charge is 2.63. The largest absolute Gasteiger partial charge is 0.419 e. The average Bonchev–Trinajstić information content (AvgIpc) is 3.80. The van der Waals surface area contributed by atoms with E-state index in [0.29, 0.717) is 25.9 Å². The van der Waals surface area contributed by atoms with Gasteiger partial charge in [0.25, 0.3) is 5.91 Å². The maximum absolute atomic E-state index is 14.7. The lowest BCUT2D eigenvalue weighted by atomic mass is 9.87. The minimum absolute atomic E-state index is 0.0804. The van der Waals surface area contributed by atoms with Gasteiger partial charge in [0, 0.05) is 30.9 Å². The number of rotatable bonds is 10. The average molecular weight is 494 g/mol. The lowest BCUT2D eigenvalue weighted by Crippen LogP contribution is -2.64. The zero-order chi connectivity index (χ0) is 25.2. The summed E-state index contributed by atoms with van der Waals surface area (Å²) in [7, 11) is 0. The summed E-state index contributed by atoms with van der Waals surface area (Å²) in [5.74, 6) is -1.01. The molecule has 0 aliphatic heterocycles. The van der Waals surface area contributed by atoms with E-state index in [1.807, 2.05) is 60.7 Å². The monoisotopic (exact) mass is 493 g/mol. The Kier molecular flexibility index (Phi) is 6.75. The van der Waals surface area contributed by atoms with Crippen molar-refractivity contribution in [2.45, 2.75) is 62.6 Å².